The largest absolute Gasteiger partial charge is 0.218 e. The van der Waals surface area contributed by atoms with Gasteiger partial charge in [-0.25, -0.2) is 9.67 Å². The molecule has 0 spiro atoms. The quantitative estimate of drug-likeness (QED) is 0.780. The molecule has 0 fully saturated rings. The highest BCUT2D eigenvalue weighted by Gasteiger charge is 2.09. The van der Waals surface area contributed by atoms with Gasteiger partial charge in [-0.3, -0.25) is 0 Å². The van der Waals surface area contributed by atoms with E-state index in [1.165, 1.54) is 5.56 Å². The zero-order valence-electron chi connectivity index (χ0n) is 9.04. The Bertz CT molecular complexity index is 520. The van der Waals surface area contributed by atoms with Crippen molar-refractivity contribution < 1.29 is 0 Å². The Morgan fingerprint density at radius 3 is 2.62 bits per heavy atom. The van der Waals surface area contributed by atoms with E-state index in [1.807, 2.05) is 30.7 Å². The molecule has 0 aliphatic carbocycles. The minimum Gasteiger partial charge on any atom is -0.218 e. The third-order valence-corrected chi connectivity index (χ3v) is 3.39. The normalized spacial score (nSPS) is 10.8. The Morgan fingerprint density at radius 1 is 1.31 bits per heavy atom. The van der Waals surface area contributed by atoms with Gasteiger partial charge in [0.05, 0.1) is 5.69 Å². The number of halogens is 2. The van der Waals surface area contributed by atoms with Crippen LogP contribution in [-0.2, 0) is 5.33 Å². The van der Waals surface area contributed by atoms with Crippen molar-refractivity contribution in [3.8, 4) is 5.69 Å². The van der Waals surface area contributed by atoms with E-state index in [9.17, 15) is 0 Å². The number of rotatable bonds is 2. The lowest BCUT2D eigenvalue weighted by molar-refractivity contribution is 0.824. The summed E-state index contributed by atoms with van der Waals surface area (Å²) in [6, 6.07) is 6.14. The van der Waals surface area contributed by atoms with Crippen molar-refractivity contribution >= 4 is 31.9 Å². The lowest BCUT2D eigenvalue weighted by Crippen LogP contribution is -2.02. The molecule has 16 heavy (non-hydrogen) atoms. The second kappa shape index (κ2) is 4.67. The number of aromatic nitrogens is 3. The van der Waals surface area contributed by atoms with E-state index in [1.54, 1.807) is 0 Å². The maximum Gasteiger partial charge on any atom is 0.148 e. The molecule has 1 heterocycles. The predicted octanol–water partition coefficient (Wildman–Crippen LogP) is 3.54. The molecule has 0 amide bonds. The van der Waals surface area contributed by atoms with E-state index in [0.29, 0.717) is 0 Å². The average Bonchev–Trinajstić information content (AvgIpc) is 2.57. The fourth-order valence-corrected chi connectivity index (χ4v) is 2.47. The summed E-state index contributed by atoms with van der Waals surface area (Å²) in [5.41, 5.74) is 2.25. The molecule has 3 nitrogen and oxygen atoms in total. The highest BCUT2D eigenvalue weighted by atomic mass is 79.9. The summed E-state index contributed by atoms with van der Waals surface area (Å²) in [7, 11) is 0. The lowest BCUT2D eigenvalue weighted by atomic mass is 10.2. The first-order valence-electron chi connectivity index (χ1n) is 4.87. The molecule has 0 atom stereocenters. The van der Waals surface area contributed by atoms with E-state index in [2.05, 4.69) is 48.0 Å². The SMILES string of the molecule is Cc1nc(C)n(-c2ccc(Br)cc2CBr)n1. The number of benzene rings is 1. The van der Waals surface area contributed by atoms with Crippen LogP contribution in [0.25, 0.3) is 5.69 Å². The van der Waals surface area contributed by atoms with E-state index >= 15 is 0 Å². The van der Waals surface area contributed by atoms with Crippen LogP contribution in [0.5, 0.6) is 0 Å². The van der Waals surface area contributed by atoms with E-state index < -0.39 is 0 Å². The summed E-state index contributed by atoms with van der Waals surface area (Å²) >= 11 is 6.96. The number of aryl methyl sites for hydroxylation is 2. The van der Waals surface area contributed by atoms with Crippen LogP contribution in [0, 0.1) is 13.8 Å². The minimum atomic E-state index is 0.792. The molecule has 1 aromatic carbocycles. The molecule has 0 saturated heterocycles. The van der Waals surface area contributed by atoms with Crippen LogP contribution in [0.4, 0.5) is 0 Å². The van der Waals surface area contributed by atoms with Gasteiger partial charge in [-0.2, -0.15) is 5.10 Å². The molecule has 2 aromatic rings. The molecule has 0 unspecified atom stereocenters. The van der Waals surface area contributed by atoms with Gasteiger partial charge in [0.2, 0.25) is 0 Å². The van der Waals surface area contributed by atoms with Crippen molar-refractivity contribution in [3.05, 3.63) is 39.9 Å². The number of alkyl halides is 1. The standard InChI is InChI=1S/C11H11Br2N3/c1-7-14-8(2)16(15-7)11-4-3-10(13)5-9(11)6-12/h3-5H,6H2,1-2H3. The van der Waals surface area contributed by atoms with Crippen molar-refractivity contribution in [2.75, 3.05) is 0 Å². The fraction of sp³-hybridized carbons (Fsp3) is 0.273. The lowest BCUT2D eigenvalue weighted by Gasteiger charge is -2.08. The average molecular weight is 345 g/mol. The Kier molecular flexibility index (Phi) is 3.44. The molecule has 0 aliphatic rings. The van der Waals surface area contributed by atoms with Gasteiger partial charge in [-0.05, 0) is 37.6 Å². The first-order valence-corrected chi connectivity index (χ1v) is 6.78. The van der Waals surface area contributed by atoms with Crippen LogP contribution in [0.3, 0.4) is 0 Å². The summed E-state index contributed by atoms with van der Waals surface area (Å²) in [6.07, 6.45) is 0. The van der Waals surface area contributed by atoms with Crippen LogP contribution >= 0.6 is 31.9 Å². The van der Waals surface area contributed by atoms with Gasteiger partial charge < -0.3 is 0 Å². The first kappa shape index (κ1) is 11.8. The molecule has 0 N–H and O–H groups in total. The molecule has 0 bridgehead atoms. The smallest absolute Gasteiger partial charge is 0.148 e. The Labute approximate surface area is 111 Å². The van der Waals surface area contributed by atoms with Crippen LogP contribution < -0.4 is 0 Å². The second-order valence-electron chi connectivity index (χ2n) is 3.52. The molecule has 1 aromatic heterocycles. The van der Waals surface area contributed by atoms with Crippen LogP contribution in [0.1, 0.15) is 17.2 Å². The zero-order valence-corrected chi connectivity index (χ0v) is 12.2. The van der Waals surface area contributed by atoms with Gasteiger partial charge in [-0.1, -0.05) is 31.9 Å². The fourth-order valence-electron chi connectivity index (χ4n) is 1.62. The van der Waals surface area contributed by atoms with E-state index in [-0.39, 0.29) is 0 Å². The topological polar surface area (TPSA) is 30.7 Å². The third kappa shape index (κ3) is 2.20. The maximum atomic E-state index is 4.39. The number of hydrogen-bond acceptors (Lipinski definition) is 2. The number of hydrogen-bond donors (Lipinski definition) is 0. The van der Waals surface area contributed by atoms with Gasteiger partial charge in [-0.15, -0.1) is 0 Å². The zero-order chi connectivity index (χ0) is 11.7. The molecule has 0 radical (unpaired) electrons. The van der Waals surface area contributed by atoms with Crippen molar-refractivity contribution in [1.82, 2.24) is 14.8 Å². The Hall–Kier alpha value is -0.680. The van der Waals surface area contributed by atoms with Crippen LogP contribution in [0.15, 0.2) is 22.7 Å². The summed E-state index contributed by atoms with van der Waals surface area (Å²) in [4.78, 5) is 4.31. The van der Waals surface area contributed by atoms with Crippen molar-refractivity contribution in [1.29, 1.82) is 0 Å². The molecule has 2 rings (SSSR count). The highest BCUT2D eigenvalue weighted by molar-refractivity contribution is 9.10. The summed E-state index contributed by atoms with van der Waals surface area (Å²) in [5, 5.41) is 5.18. The third-order valence-electron chi connectivity index (χ3n) is 2.29. The predicted molar refractivity (Wildman–Crippen MR) is 71.2 cm³/mol. The number of nitrogens with zero attached hydrogens (tertiary/aromatic N) is 3. The van der Waals surface area contributed by atoms with Gasteiger partial charge >= 0.3 is 0 Å². The Morgan fingerprint density at radius 2 is 2.06 bits per heavy atom. The monoisotopic (exact) mass is 343 g/mol. The van der Waals surface area contributed by atoms with Crippen molar-refractivity contribution in [2.45, 2.75) is 19.2 Å². The molecule has 84 valence electrons. The second-order valence-corrected chi connectivity index (χ2v) is 5.00. The van der Waals surface area contributed by atoms with Gasteiger partial charge in [0.1, 0.15) is 11.6 Å². The van der Waals surface area contributed by atoms with Crippen molar-refractivity contribution in [2.24, 2.45) is 0 Å². The van der Waals surface area contributed by atoms with Gasteiger partial charge in [0, 0.05) is 9.80 Å². The highest BCUT2D eigenvalue weighted by Crippen LogP contribution is 2.22. The molecular weight excluding hydrogens is 334 g/mol. The van der Waals surface area contributed by atoms with Gasteiger partial charge in [0.25, 0.3) is 0 Å². The van der Waals surface area contributed by atoms with Crippen LogP contribution in [-0.4, -0.2) is 14.8 Å². The summed E-state index contributed by atoms with van der Waals surface area (Å²) in [5.74, 6) is 1.70. The summed E-state index contributed by atoms with van der Waals surface area (Å²) < 4.78 is 2.94. The molecule has 0 saturated carbocycles. The van der Waals surface area contributed by atoms with Crippen molar-refractivity contribution in [3.63, 3.8) is 0 Å². The van der Waals surface area contributed by atoms with E-state index in [0.717, 1.165) is 27.1 Å². The Balaban J connectivity index is 2.59. The molecule has 5 heteroatoms. The molecular formula is C11H11Br2N3. The minimum absolute atomic E-state index is 0.792. The summed E-state index contributed by atoms with van der Waals surface area (Å²) in [6.45, 7) is 3.86. The molecule has 0 aliphatic heterocycles. The first-order chi connectivity index (χ1) is 7.61. The maximum absolute atomic E-state index is 4.39. The van der Waals surface area contributed by atoms with Crippen LogP contribution in [0.2, 0.25) is 0 Å². The van der Waals surface area contributed by atoms with Gasteiger partial charge in [0.15, 0.2) is 0 Å². The van der Waals surface area contributed by atoms with E-state index in [4.69, 9.17) is 0 Å².